The third-order valence-electron chi connectivity index (χ3n) is 4.21. The Hall–Kier alpha value is -2.28. The Morgan fingerprint density at radius 2 is 1.96 bits per heavy atom. The van der Waals surface area contributed by atoms with Crippen molar-refractivity contribution in [1.29, 1.82) is 0 Å². The number of hydrogen-bond donors (Lipinski definition) is 0. The molecule has 134 valence electrons. The van der Waals surface area contributed by atoms with Crippen molar-refractivity contribution in [3.05, 3.63) is 47.4 Å². The Labute approximate surface area is 146 Å². The van der Waals surface area contributed by atoms with Gasteiger partial charge in [0.25, 0.3) is 5.91 Å². The van der Waals surface area contributed by atoms with Crippen molar-refractivity contribution in [1.82, 2.24) is 19.9 Å². The highest BCUT2D eigenvalue weighted by Crippen LogP contribution is 2.20. The number of rotatable bonds is 3. The third-order valence-corrected chi connectivity index (χ3v) is 4.21. The van der Waals surface area contributed by atoms with Crippen LogP contribution in [0.15, 0.2) is 28.8 Å². The van der Waals surface area contributed by atoms with Crippen LogP contribution in [0.2, 0.25) is 0 Å². The molecule has 0 saturated carbocycles. The lowest BCUT2D eigenvalue weighted by Crippen LogP contribution is -2.48. The molecular weight excluding hydrogens is 323 g/mol. The minimum atomic E-state index is -0.392. The highest BCUT2D eigenvalue weighted by atomic mass is 19.1. The smallest absolute Gasteiger partial charge is 0.254 e. The van der Waals surface area contributed by atoms with Gasteiger partial charge in [0.1, 0.15) is 5.82 Å². The molecule has 0 bridgehead atoms. The molecule has 0 N–H and O–H groups in total. The van der Waals surface area contributed by atoms with Gasteiger partial charge in [-0.1, -0.05) is 32.0 Å². The second-order valence-corrected chi connectivity index (χ2v) is 7.34. The van der Waals surface area contributed by atoms with Crippen LogP contribution in [0.25, 0.3) is 0 Å². The van der Waals surface area contributed by atoms with Crippen LogP contribution >= 0.6 is 0 Å². The molecule has 2 heterocycles. The van der Waals surface area contributed by atoms with Crippen molar-refractivity contribution in [3.63, 3.8) is 0 Å². The first kappa shape index (κ1) is 17.5. The lowest BCUT2D eigenvalue weighted by molar-refractivity contribution is 0.0624. The van der Waals surface area contributed by atoms with Crippen molar-refractivity contribution in [2.45, 2.75) is 32.7 Å². The van der Waals surface area contributed by atoms with Gasteiger partial charge < -0.3 is 9.42 Å². The fourth-order valence-corrected chi connectivity index (χ4v) is 2.74. The van der Waals surface area contributed by atoms with Crippen LogP contribution in [0.4, 0.5) is 4.39 Å². The number of benzene rings is 1. The van der Waals surface area contributed by atoms with E-state index in [0.717, 1.165) is 13.1 Å². The molecule has 0 unspecified atom stereocenters. The maximum Gasteiger partial charge on any atom is 0.254 e. The van der Waals surface area contributed by atoms with E-state index in [4.69, 9.17) is 4.52 Å². The van der Waals surface area contributed by atoms with Crippen LogP contribution < -0.4 is 0 Å². The average molecular weight is 346 g/mol. The molecule has 0 spiro atoms. The number of amides is 1. The Morgan fingerprint density at radius 3 is 2.56 bits per heavy atom. The first-order chi connectivity index (χ1) is 11.8. The summed E-state index contributed by atoms with van der Waals surface area (Å²) in [7, 11) is 0. The SMILES string of the molecule is CC(C)(C)c1nc(CN2CCN(C(=O)c3cccc(F)c3)CC2)no1. The van der Waals surface area contributed by atoms with Crippen LogP contribution in [-0.2, 0) is 12.0 Å². The molecule has 25 heavy (non-hydrogen) atoms. The van der Waals surface area contributed by atoms with Crippen LogP contribution in [0, 0.1) is 5.82 Å². The molecule has 1 amide bonds. The van der Waals surface area contributed by atoms with E-state index in [9.17, 15) is 9.18 Å². The molecule has 1 aromatic carbocycles. The molecule has 2 aromatic rings. The predicted octanol–water partition coefficient (Wildman–Crippen LogP) is 2.46. The maximum atomic E-state index is 13.3. The van der Waals surface area contributed by atoms with E-state index in [1.807, 2.05) is 20.8 Å². The summed E-state index contributed by atoms with van der Waals surface area (Å²) in [5, 5.41) is 4.04. The number of carbonyl (C=O) groups is 1. The quantitative estimate of drug-likeness (QED) is 0.854. The van der Waals surface area contributed by atoms with Crippen LogP contribution in [0.5, 0.6) is 0 Å². The first-order valence-corrected chi connectivity index (χ1v) is 8.43. The van der Waals surface area contributed by atoms with Gasteiger partial charge in [0.15, 0.2) is 5.82 Å². The second kappa shape index (κ2) is 6.92. The molecule has 1 aliphatic heterocycles. The normalized spacial score (nSPS) is 16.2. The fraction of sp³-hybridized carbons (Fsp3) is 0.500. The van der Waals surface area contributed by atoms with E-state index in [1.54, 1.807) is 17.0 Å². The molecule has 6 nitrogen and oxygen atoms in total. The number of halogens is 1. The second-order valence-electron chi connectivity index (χ2n) is 7.34. The molecule has 3 rings (SSSR count). The standard InChI is InChI=1S/C18H23FN4O2/c1-18(2,3)17-20-15(21-25-17)12-22-7-9-23(10-8-22)16(24)13-5-4-6-14(19)11-13/h4-6,11H,7-10,12H2,1-3H3. The molecule has 1 saturated heterocycles. The highest BCUT2D eigenvalue weighted by Gasteiger charge is 2.25. The van der Waals surface area contributed by atoms with E-state index in [1.165, 1.54) is 12.1 Å². The number of hydrogen-bond acceptors (Lipinski definition) is 5. The first-order valence-electron chi connectivity index (χ1n) is 8.43. The van der Waals surface area contributed by atoms with Crippen LogP contribution in [0.3, 0.4) is 0 Å². The number of nitrogens with zero attached hydrogens (tertiary/aromatic N) is 4. The van der Waals surface area contributed by atoms with Crippen molar-refractivity contribution in [2.75, 3.05) is 26.2 Å². The van der Waals surface area contributed by atoms with Gasteiger partial charge in [-0.15, -0.1) is 0 Å². The summed E-state index contributed by atoms with van der Waals surface area (Å²) in [5.74, 6) is 0.766. The molecule has 1 aliphatic rings. The van der Waals surface area contributed by atoms with Gasteiger partial charge in [-0.3, -0.25) is 9.69 Å². The Balaban J connectivity index is 1.55. The highest BCUT2D eigenvalue weighted by molar-refractivity contribution is 5.94. The van der Waals surface area contributed by atoms with E-state index in [0.29, 0.717) is 36.9 Å². The monoisotopic (exact) mass is 346 g/mol. The van der Waals surface area contributed by atoms with E-state index in [-0.39, 0.29) is 11.3 Å². The van der Waals surface area contributed by atoms with Gasteiger partial charge in [0.2, 0.25) is 5.89 Å². The van der Waals surface area contributed by atoms with E-state index < -0.39 is 5.82 Å². The van der Waals surface area contributed by atoms with Crippen molar-refractivity contribution in [3.8, 4) is 0 Å². The van der Waals surface area contributed by atoms with E-state index >= 15 is 0 Å². The lowest BCUT2D eigenvalue weighted by atomic mass is 9.97. The summed E-state index contributed by atoms with van der Waals surface area (Å²) in [4.78, 5) is 20.8. The summed E-state index contributed by atoms with van der Waals surface area (Å²) in [6, 6.07) is 5.82. The molecular formula is C18H23FN4O2. The summed E-state index contributed by atoms with van der Waals surface area (Å²) in [6.45, 7) is 9.32. The number of aromatic nitrogens is 2. The van der Waals surface area contributed by atoms with Gasteiger partial charge in [-0.25, -0.2) is 4.39 Å². The topological polar surface area (TPSA) is 62.5 Å². The summed E-state index contributed by atoms with van der Waals surface area (Å²) in [6.07, 6.45) is 0. The molecule has 0 atom stereocenters. The minimum absolute atomic E-state index is 0.131. The Morgan fingerprint density at radius 1 is 1.24 bits per heavy atom. The lowest BCUT2D eigenvalue weighted by Gasteiger charge is -2.34. The third kappa shape index (κ3) is 4.22. The van der Waals surface area contributed by atoms with Gasteiger partial charge in [-0.2, -0.15) is 4.98 Å². The molecule has 0 radical (unpaired) electrons. The van der Waals surface area contributed by atoms with Gasteiger partial charge in [-0.05, 0) is 18.2 Å². The maximum absolute atomic E-state index is 13.3. The Kier molecular flexibility index (Phi) is 4.85. The summed E-state index contributed by atoms with van der Waals surface area (Å²) < 4.78 is 18.6. The summed E-state index contributed by atoms with van der Waals surface area (Å²) >= 11 is 0. The fourth-order valence-electron chi connectivity index (χ4n) is 2.74. The number of carbonyl (C=O) groups excluding carboxylic acids is 1. The van der Waals surface area contributed by atoms with Crippen LogP contribution in [0.1, 0.15) is 42.8 Å². The van der Waals surface area contributed by atoms with Crippen LogP contribution in [-0.4, -0.2) is 52.0 Å². The molecule has 1 aromatic heterocycles. The van der Waals surface area contributed by atoms with E-state index in [2.05, 4.69) is 15.0 Å². The zero-order valence-corrected chi connectivity index (χ0v) is 14.8. The van der Waals surface area contributed by atoms with Gasteiger partial charge in [0.05, 0.1) is 6.54 Å². The van der Waals surface area contributed by atoms with Gasteiger partial charge in [0, 0.05) is 37.2 Å². The predicted molar refractivity (Wildman–Crippen MR) is 90.6 cm³/mol. The van der Waals surface area contributed by atoms with Gasteiger partial charge >= 0.3 is 0 Å². The van der Waals surface area contributed by atoms with Crippen molar-refractivity contribution >= 4 is 5.91 Å². The Bertz CT molecular complexity index is 746. The van der Waals surface area contributed by atoms with Crippen molar-refractivity contribution in [2.24, 2.45) is 0 Å². The van der Waals surface area contributed by atoms with Crippen molar-refractivity contribution < 1.29 is 13.7 Å². The molecule has 0 aliphatic carbocycles. The largest absolute Gasteiger partial charge is 0.339 e. The average Bonchev–Trinajstić information content (AvgIpc) is 3.04. The minimum Gasteiger partial charge on any atom is -0.339 e. The zero-order chi connectivity index (χ0) is 18.0. The summed E-state index contributed by atoms with van der Waals surface area (Å²) in [5.41, 5.74) is 0.225. The molecule has 7 heteroatoms. The number of piperazine rings is 1. The molecule has 1 fully saturated rings. The zero-order valence-electron chi connectivity index (χ0n) is 14.8.